The van der Waals surface area contributed by atoms with Crippen LogP contribution in [-0.4, -0.2) is 33.4 Å². The third kappa shape index (κ3) is 9.03. The molecule has 2 unspecified atom stereocenters. The lowest BCUT2D eigenvalue weighted by atomic mass is 10.2. The summed E-state index contributed by atoms with van der Waals surface area (Å²) in [5.41, 5.74) is 2.15. The Balaban J connectivity index is 1.41. The fourth-order valence-electron chi connectivity index (χ4n) is 5.25. The first kappa shape index (κ1) is 38.5. The van der Waals surface area contributed by atoms with Gasteiger partial charge in [-0.25, -0.2) is 0 Å². The maximum atomic E-state index is 10.2. The van der Waals surface area contributed by atoms with E-state index < -0.39 is 16.2 Å². The lowest BCUT2D eigenvalue weighted by Crippen LogP contribution is -2.15. The summed E-state index contributed by atoms with van der Waals surface area (Å²) in [4.78, 5) is 12.9. The van der Waals surface area contributed by atoms with E-state index >= 15 is 0 Å². The van der Waals surface area contributed by atoms with Crippen molar-refractivity contribution >= 4 is 24.7 Å². The van der Waals surface area contributed by atoms with Gasteiger partial charge in [0.1, 0.15) is 17.2 Å². The van der Waals surface area contributed by atoms with Crippen LogP contribution in [0.2, 0.25) is 0 Å². The van der Waals surface area contributed by atoms with Gasteiger partial charge in [0.05, 0.1) is 26.4 Å². The van der Waals surface area contributed by atoms with Gasteiger partial charge in [-0.1, -0.05) is 101 Å². The van der Waals surface area contributed by atoms with Gasteiger partial charge in [0.2, 0.25) is 5.75 Å². The lowest BCUT2D eigenvalue weighted by Gasteiger charge is -2.23. The third-order valence-electron chi connectivity index (χ3n) is 8.05. The second-order valence-corrected chi connectivity index (χ2v) is 16.1. The Bertz CT molecular complexity index is 2430. The maximum Gasteiger partial charge on any atom is 0.319 e. The van der Waals surface area contributed by atoms with Gasteiger partial charge in [-0.05, 0) is 52.8 Å². The molecule has 0 radical (unpaired) electrons. The quantitative estimate of drug-likeness (QED) is 0.0737. The molecule has 286 valence electrons. The average Bonchev–Trinajstić information content (AvgIpc) is 3.24. The molecule has 1 aromatic heterocycles. The summed E-state index contributed by atoms with van der Waals surface area (Å²) in [6.07, 6.45) is 0. The van der Waals surface area contributed by atoms with Crippen molar-refractivity contribution in [3.63, 3.8) is 0 Å². The Morgan fingerprint density at radius 3 is 1.57 bits per heavy atom. The van der Waals surface area contributed by atoms with Gasteiger partial charge in [0.25, 0.3) is 0 Å². The summed E-state index contributed by atoms with van der Waals surface area (Å²) in [6.45, 7) is -1.10. The van der Waals surface area contributed by atoms with Crippen LogP contribution in [0.15, 0.2) is 146 Å². The fourth-order valence-corrected chi connectivity index (χ4v) is 10.2. The minimum absolute atomic E-state index is 0.168. The van der Waals surface area contributed by atoms with Crippen molar-refractivity contribution in [1.29, 1.82) is 0 Å². The molecule has 0 aliphatic heterocycles. The second kappa shape index (κ2) is 18.7. The SMILES string of the molecule is OCc1ccccc1Oc1cccc(Op2npn(Oc3ccccc3CO)p(Oc3ccccc3CO)n2Oc2ccccc2)c1Oc1ccccc1CO. The van der Waals surface area contributed by atoms with Crippen LogP contribution in [0.3, 0.4) is 0 Å². The van der Waals surface area contributed by atoms with Gasteiger partial charge in [0.15, 0.2) is 31.5 Å². The molecule has 0 amide bonds. The third-order valence-corrected chi connectivity index (χ3v) is 12.7. The smallest absolute Gasteiger partial charge is 0.319 e. The molecule has 2 atom stereocenters. The first-order chi connectivity index (χ1) is 27.6. The molecule has 7 aromatic rings. The summed E-state index contributed by atoms with van der Waals surface area (Å²) in [7, 11) is -3.96. The molecule has 1 heterocycles. The Morgan fingerprint density at radius 1 is 0.464 bits per heavy atom. The molecular formula is C40H36N3O10P3. The van der Waals surface area contributed by atoms with Crippen LogP contribution < -0.4 is 28.2 Å². The maximum absolute atomic E-state index is 10.2. The van der Waals surface area contributed by atoms with Crippen molar-refractivity contribution in [3.05, 3.63) is 168 Å². The van der Waals surface area contributed by atoms with Crippen LogP contribution >= 0.6 is 24.7 Å². The largest absolute Gasteiger partial charge is 0.453 e. The lowest BCUT2D eigenvalue weighted by molar-refractivity contribution is 0.223. The van der Waals surface area contributed by atoms with E-state index in [1.54, 1.807) is 127 Å². The molecule has 0 aliphatic rings. The van der Waals surface area contributed by atoms with Crippen molar-refractivity contribution in [2.75, 3.05) is 0 Å². The molecule has 56 heavy (non-hydrogen) atoms. The van der Waals surface area contributed by atoms with Crippen LogP contribution in [0.5, 0.6) is 46.0 Å². The van der Waals surface area contributed by atoms with Crippen molar-refractivity contribution in [2.24, 2.45) is 0 Å². The summed E-state index contributed by atoms with van der Waals surface area (Å²) < 4.78 is 34.1. The molecule has 16 heteroatoms. The highest BCUT2D eigenvalue weighted by atomic mass is 31.2. The standard InChI is InChI=1S/C40H36N3O10P3/c44-25-29-13-4-8-19-34(29)48-38-23-12-24-39(40(38)49-35-20-9-5-14-30(35)26-45)52-55-41-54-42(51-36-21-10-6-15-31(36)27-46)56(43(55)50-33-17-2-1-3-18-33)53-37-22-11-7-16-32(37)28-47/h1-24,44-47H,25-28H2. The number of benzene rings is 6. The van der Waals surface area contributed by atoms with Gasteiger partial charge in [-0.2, -0.15) is 0 Å². The zero-order valence-electron chi connectivity index (χ0n) is 29.6. The highest BCUT2D eigenvalue weighted by Gasteiger charge is 2.25. The topological polar surface area (TPSA) is 159 Å². The van der Waals surface area contributed by atoms with E-state index in [-0.39, 0.29) is 52.2 Å². The summed E-state index contributed by atoms with van der Waals surface area (Å²) in [5, 5.41) is 40.5. The first-order valence-electron chi connectivity index (χ1n) is 17.2. The number of nitrogens with zero attached hydrogens (tertiary/aromatic N) is 3. The van der Waals surface area contributed by atoms with Gasteiger partial charge in [-0.15, -0.1) is 4.51 Å². The zero-order chi connectivity index (χ0) is 38.7. The minimum Gasteiger partial charge on any atom is -0.453 e. The molecule has 0 saturated heterocycles. The molecule has 4 N–H and O–H groups in total. The molecule has 0 saturated carbocycles. The Kier molecular flexibility index (Phi) is 12.9. The number of aliphatic hydroxyl groups excluding tert-OH is 4. The molecule has 6 aromatic carbocycles. The van der Waals surface area contributed by atoms with E-state index in [0.29, 0.717) is 51.0 Å². The van der Waals surface area contributed by atoms with Crippen LogP contribution in [-0.2, 0) is 26.4 Å². The number of hydrogen-bond donors (Lipinski definition) is 4. The van der Waals surface area contributed by atoms with Gasteiger partial charge < -0.3 is 48.6 Å². The predicted molar refractivity (Wildman–Crippen MR) is 212 cm³/mol. The number of hydrogen-bond acceptors (Lipinski definition) is 11. The average molecular weight is 812 g/mol. The normalized spacial score (nSPS) is 11.6. The van der Waals surface area contributed by atoms with Gasteiger partial charge in [-0.3, -0.25) is 0 Å². The van der Waals surface area contributed by atoms with Crippen LogP contribution in [0.1, 0.15) is 22.3 Å². The van der Waals surface area contributed by atoms with Crippen LogP contribution in [0.25, 0.3) is 0 Å². The van der Waals surface area contributed by atoms with Gasteiger partial charge in [0, 0.05) is 22.3 Å². The van der Waals surface area contributed by atoms with Crippen molar-refractivity contribution < 1.29 is 48.6 Å². The van der Waals surface area contributed by atoms with Crippen molar-refractivity contribution in [3.8, 4) is 46.0 Å². The summed E-state index contributed by atoms with van der Waals surface area (Å²) >= 11 is 0. The predicted octanol–water partition coefficient (Wildman–Crippen LogP) is 9.28. The molecule has 0 aliphatic carbocycles. The molecule has 0 fully saturated rings. The summed E-state index contributed by atoms with van der Waals surface area (Å²) in [5.74, 6) is 2.62. The molecule has 0 spiro atoms. The van der Waals surface area contributed by atoms with Crippen LogP contribution in [0.4, 0.5) is 0 Å². The Labute approximate surface area is 325 Å². The van der Waals surface area contributed by atoms with E-state index in [4.69, 9.17) is 32.7 Å². The van der Waals surface area contributed by atoms with E-state index in [1.807, 2.05) is 18.2 Å². The van der Waals surface area contributed by atoms with E-state index in [9.17, 15) is 20.4 Å². The molecule has 0 bridgehead atoms. The Morgan fingerprint density at radius 2 is 0.946 bits per heavy atom. The van der Waals surface area contributed by atoms with Crippen molar-refractivity contribution in [1.82, 2.24) is 13.0 Å². The number of aliphatic hydroxyl groups is 4. The van der Waals surface area contributed by atoms with E-state index in [0.717, 1.165) is 0 Å². The number of para-hydroxylation sites is 6. The van der Waals surface area contributed by atoms with Crippen molar-refractivity contribution in [2.45, 2.75) is 26.4 Å². The number of ether oxygens (including phenoxy) is 2. The molecule has 13 nitrogen and oxygen atoms in total. The first-order valence-corrected chi connectivity index (χ1v) is 20.3. The summed E-state index contributed by atoms with van der Waals surface area (Å²) in [6, 6.07) is 42.4. The monoisotopic (exact) mass is 811 g/mol. The second-order valence-electron chi connectivity index (χ2n) is 11.7. The zero-order valence-corrected chi connectivity index (χ0v) is 32.3. The van der Waals surface area contributed by atoms with Gasteiger partial charge >= 0.3 is 16.2 Å². The highest BCUT2D eigenvalue weighted by Crippen LogP contribution is 2.49. The number of aromatic nitrogens is 3. The van der Waals surface area contributed by atoms with Crippen LogP contribution in [0, 0.1) is 0 Å². The minimum atomic E-state index is -2.12. The highest BCUT2D eigenvalue weighted by molar-refractivity contribution is 7.56. The van der Waals surface area contributed by atoms with E-state index in [1.165, 1.54) is 8.51 Å². The van der Waals surface area contributed by atoms with E-state index in [2.05, 4.69) is 0 Å². The molecule has 7 rings (SSSR count). The molecular weight excluding hydrogens is 775 g/mol. The number of rotatable bonds is 16. The Hall–Kier alpha value is -5.74. The fraction of sp³-hybridized carbons (Fsp3) is 0.100.